The highest BCUT2D eigenvalue weighted by Gasteiger charge is 2.18. The maximum atomic E-state index is 13.2. The molecule has 108 valence electrons. The average molecular weight is 353 g/mol. The van der Waals surface area contributed by atoms with Gasteiger partial charge in [0.15, 0.2) is 0 Å². The molecular weight excluding hydrogens is 343 g/mol. The van der Waals surface area contributed by atoms with Crippen LogP contribution < -0.4 is 5.32 Å². The molecule has 0 atom stereocenters. The number of nitrogens with zero attached hydrogens (tertiary/aromatic N) is 1. The van der Waals surface area contributed by atoms with E-state index in [2.05, 4.69) is 21.2 Å². The number of rotatable bonds is 3. The van der Waals surface area contributed by atoms with Crippen molar-refractivity contribution in [3.05, 3.63) is 67.9 Å². The lowest BCUT2D eigenvalue weighted by molar-refractivity contribution is -0.384. The van der Waals surface area contributed by atoms with E-state index in [0.29, 0.717) is 10.0 Å². The summed E-state index contributed by atoms with van der Waals surface area (Å²) >= 11 is 3.25. The second kappa shape index (κ2) is 6.01. The molecule has 0 heterocycles. The van der Waals surface area contributed by atoms with Gasteiger partial charge in [0.25, 0.3) is 11.6 Å². The average Bonchev–Trinajstić information content (AvgIpc) is 2.37. The second-order valence-corrected chi connectivity index (χ2v) is 5.21. The molecule has 2 aromatic rings. The molecule has 0 aliphatic carbocycles. The summed E-state index contributed by atoms with van der Waals surface area (Å²) in [5.41, 5.74) is 0.708. The van der Waals surface area contributed by atoms with E-state index in [4.69, 9.17) is 0 Å². The molecule has 0 fully saturated rings. The molecule has 1 amide bonds. The van der Waals surface area contributed by atoms with Crippen LogP contribution in [0, 0.1) is 22.9 Å². The minimum Gasteiger partial charge on any atom is -0.316 e. The van der Waals surface area contributed by atoms with Crippen LogP contribution >= 0.6 is 15.9 Å². The van der Waals surface area contributed by atoms with Crippen molar-refractivity contribution in [2.24, 2.45) is 0 Å². The van der Waals surface area contributed by atoms with Crippen LogP contribution in [0.15, 0.2) is 40.9 Å². The van der Waals surface area contributed by atoms with Gasteiger partial charge in [-0.05, 0) is 46.6 Å². The predicted octanol–water partition coefficient (Wildman–Crippen LogP) is 4.06. The molecule has 7 heteroatoms. The Morgan fingerprint density at radius 1 is 1.29 bits per heavy atom. The van der Waals surface area contributed by atoms with E-state index in [1.54, 1.807) is 18.2 Å². The molecule has 0 saturated carbocycles. The Hall–Kier alpha value is -2.28. The number of nitro benzene ring substituents is 1. The number of aryl methyl sites for hydroxylation is 1. The third-order valence-corrected chi connectivity index (χ3v) is 3.43. The minimum atomic E-state index is -0.681. The van der Waals surface area contributed by atoms with Gasteiger partial charge in [0.05, 0.1) is 10.5 Å². The first-order valence-electron chi connectivity index (χ1n) is 5.90. The number of benzene rings is 2. The number of anilines is 1. The van der Waals surface area contributed by atoms with Gasteiger partial charge in [-0.25, -0.2) is 4.39 Å². The van der Waals surface area contributed by atoms with Crippen molar-refractivity contribution in [1.29, 1.82) is 0 Å². The molecule has 1 N–H and O–H groups in total. The summed E-state index contributed by atoms with van der Waals surface area (Å²) in [6.07, 6.45) is 0. The van der Waals surface area contributed by atoms with Gasteiger partial charge in [-0.1, -0.05) is 6.07 Å². The Morgan fingerprint density at radius 3 is 2.62 bits per heavy atom. The Morgan fingerprint density at radius 2 is 2.00 bits per heavy atom. The van der Waals surface area contributed by atoms with E-state index in [1.165, 1.54) is 0 Å². The SMILES string of the molecule is Cc1ccc(C(=O)Nc2cc(F)ccc2[N+](=O)[O-])c(Br)c1. The Balaban J connectivity index is 2.35. The number of nitro groups is 1. The molecule has 0 radical (unpaired) electrons. The van der Waals surface area contributed by atoms with Crippen molar-refractivity contribution >= 4 is 33.2 Å². The zero-order valence-corrected chi connectivity index (χ0v) is 12.5. The molecule has 0 aliphatic heterocycles. The zero-order chi connectivity index (χ0) is 15.6. The van der Waals surface area contributed by atoms with Crippen molar-refractivity contribution in [1.82, 2.24) is 0 Å². The van der Waals surface area contributed by atoms with Crippen LogP contribution in [0.1, 0.15) is 15.9 Å². The van der Waals surface area contributed by atoms with Crippen LogP contribution in [0.5, 0.6) is 0 Å². The highest BCUT2D eigenvalue weighted by atomic mass is 79.9. The van der Waals surface area contributed by atoms with Crippen molar-refractivity contribution in [2.45, 2.75) is 6.92 Å². The van der Waals surface area contributed by atoms with Gasteiger partial charge >= 0.3 is 0 Å². The van der Waals surface area contributed by atoms with Crippen LogP contribution in [0.25, 0.3) is 0 Å². The monoisotopic (exact) mass is 352 g/mol. The van der Waals surface area contributed by atoms with Crippen molar-refractivity contribution in [3.8, 4) is 0 Å². The first-order chi connectivity index (χ1) is 9.88. The van der Waals surface area contributed by atoms with Gasteiger partial charge in [0.1, 0.15) is 11.5 Å². The third kappa shape index (κ3) is 3.43. The molecule has 2 rings (SSSR count). The van der Waals surface area contributed by atoms with E-state index in [9.17, 15) is 19.3 Å². The van der Waals surface area contributed by atoms with Gasteiger partial charge < -0.3 is 5.32 Å². The Labute approximate surface area is 128 Å². The summed E-state index contributed by atoms with van der Waals surface area (Å²) in [6.45, 7) is 1.86. The standard InChI is InChI=1S/C14H10BrFN2O3/c1-8-2-4-10(11(15)6-8)14(19)17-12-7-9(16)3-5-13(12)18(20)21/h2-7H,1H3,(H,17,19). The van der Waals surface area contributed by atoms with Crippen molar-refractivity contribution in [2.75, 3.05) is 5.32 Å². The largest absolute Gasteiger partial charge is 0.316 e. The molecule has 0 spiro atoms. The number of hydrogen-bond acceptors (Lipinski definition) is 3. The van der Waals surface area contributed by atoms with E-state index >= 15 is 0 Å². The highest BCUT2D eigenvalue weighted by molar-refractivity contribution is 9.10. The third-order valence-electron chi connectivity index (χ3n) is 2.77. The van der Waals surface area contributed by atoms with Crippen LogP contribution in [0.2, 0.25) is 0 Å². The molecule has 21 heavy (non-hydrogen) atoms. The van der Waals surface area contributed by atoms with Crippen LogP contribution in [-0.2, 0) is 0 Å². The molecule has 0 aliphatic rings. The highest BCUT2D eigenvalue weighted by Crippen LogP contribution is 2.26. The minimum absolute atomic E-state index is 0.183. The summed E-state index contributed by atoms with van der Waals surface area (Å²) in [6, 6.07) is 7.96. The zero-order valence-electron chi connectivity index (χ0n) is 10.9. The normalized spacial score (nSPS) is 10.2. The summed E-state index contributed by atoms with van der Waals surface area (Å²) < 4.78 is 13.8. The van der Waals surface area contributed by atoms with E-state index in [0.717, 1.165) is 23.8 Å². The Bertz CT molecular complexity index is 734. The van der Waals surface area contributed by atoms with Gasteiger partial charge in [-0.2, -0.15) is 0 Å². The van der Waals surface area contributed by atoms with Gasteiger partial charge in [-0.15, -0.1) is 0 Å². The molecule has 0 bridgehead atoms. The van der Waals surface area contributed by atoms with Gasteiger partial charge in [0.2, 0.25) is 0 Å². The molecular formula is C14H10BrFN2O3. The second-order valence-electron chi connectivity index (χ2n) is 4.36. The molecule has 5 nitrogen and oxygen atoms in total. The lowest BCUT2D eigenvalue weighted by atomic mass is 10.1. The van der Waals surface area contributed by atoms with E-state index in [1.807, 2.05) is 6.92 Å². The first kappa shape index (κ1) is 15.1. The first-order valence-corrected chi connectivity index (χ1v) is 6.69. The lowest BCUT2D eigenvalue weighted by Crippen LogP contribution is -2.14. The van der Waals surface area contributed by atoms with Gasteiger partial charge in [-0.3, -0.25) is 14.9 Å². The van der Waals surface area contributed by atoms with E-state index in [-0.39, 0.29) is 11.4 Å². The number of halogens is 2. The molecule has 0 unspecified atom stereocenters. The quantitative estimate of drug-likeness (QED) is 0.668. The van der Waals surface area contributed by atoms with Crippen molar-refractivity contribution < 1.29 is 14.1 Å². The number of carbonyl (C=O) groups is 1. The topological polar surface area (TPSA) is 72.2 Å². The molecule has 2 aromatic carbocycles. The summed E-state index contributed by atoms with van der Waals surface area (Å²) in [7, 11) is 0. The number of carbonyl (C=O) groups excluding carboxylic acids is 1. The summed E-state index contributed by atoms with van der Waals surface area (Å²) in [4.78, 5) is 22.4. The molecule has 0 saturated heterocycles. The fraction of sp³-hybridized carbons (Fsp3) is 0.0714. The smallest absolute Gasteiger partial charge is 0.292 e. The van der Waals surface area contributed by atoms with Crippen molar-refractivity contribution in [3.63, 3.8) is 0 Å². The maximum absolute atomic E-state index is 13.2. The Kier molecular flexibility index (Phi) is 4.32. The summed E-state index contributed by atoms with van der Waals surface area (Å²) in [5.74, 6) is -1.23. The van der Waals surface area contributed by atoms with E-state index < -0.39 is 16.6 Å². The van der Waals surface area contributed by atoms with Crippen LogP contribution in [0.4, 0.5) is 15.8 Å². The van der Waals surface area contributed by atoms with Gasteiger partial charge in [0, 0.05) is 16.6 Å². The van der Waals surface area contributed by atoms with Crippen LogP contribution in [0.3, 0.4) is 0 Å². The summed E-state index contributed by atoms with van der Waals surface area (Å²) in [5, 5.41) is 13.2. The lowest BCUT2D eigenvalue weighted by Gasteiger charge is -2.08. The fourth-order valence-corrected chi connectivity index (χ4v) is 2.43. The van der Waals surface area contributed by atoms with Crippen LogP contribution in [-0.4, -0.2) is 10.8 Å². The maximum Gasteiger partial charge on any atom is 0.292 e. The fourth-order valence-electron chi connectivity index (χ4n) is 1.76. The number of nitrogens with one attached hydrogen (secondary N) is 1. The molecule has 0 aromatic heterocycles. The predicted molar refractivity (Wildman–Crippen MR) is 79.9 cm³/mol. The number of hydrogen-bond donors (Lipinski definition) is 1. The number of amides is 1.